The summed E-state index contributed by atoms with van der Waals surface area (Å²) in [4.78, 5) is 96.1. The Morgan fingerprint density at radius 2 is 1.49 bits per heavy atom. The van der Waals surface area contributed by atoms with Gasteiger partial charge in [0.1, 0.15) is 12.1 Å². The minimum absolute atomic E-state index is 0.0121. The van der Waals surface area contributed by atoms with Gasteiger partial charge in [0.05, 0.1) is 43.2 Å². The molecule has 4 rings (SSSR count). The quantitative estimate of drug-likeness (QED) is 0.0393. The van der Waals surface area contributed by atoms with Gasteiger partial charge >= 0.3 is 0 Å². The molecule has 2 aliphatic heterocycles. The van der Waals surface area contributed by atoms with Gasteiger partial charge in [0.25, 0.3) is 5.91 Å². The van der Waals surface area contributed by atoms with Crippen molar-refractivity contribution in [2.24, 2.45) is 29.6 Å². The molecule has 0 radical (unpaired) electrons. The van der Waals surface area contributed by atoms with Crippen molar-refractivity contribution in [3.8, 4) is 11.8 Å². The molecule has 6 amide bonds. The first-order valence-electron chi connectivity index (χ1n) is 34.2. The molecule has 10 atom stereocenters. The zero-order valence-corrected chi connectivity index (χ0v) is 57.8. The van der Waals surface area contributed by atoms with Crippen LogP contribution in [-0.2, 0) is 61.5 Å². The Labute approximate surface area is 535 Å². The maximum absolute atomic E-state index is 14.6. The zero-order valence-electron chi connectivity index (χ0n) is 57.8. The number of aromatic hydroxyl groups is 2. The van der Waals surface area contributed by atoms with Crippen molar-refractivity contribution in [3.63, 3.8) is 0 Å². The molecule has 1 aromatic carbocycles. The number of carbonyl (C=O) groups is 6. The number of ether oxygens (including phenoxy) is 2. The molecule has 0 spiro atoms. The highest BCUT2D eigenvalue weighted by molar-refractivity contribution is 5.90. The Morgan fingerprint density at radius 1 is 0.798 bits per heavy atom. The van der Waals surface area contributed by atoms with Crippen LogP contribution in [0.1, 0.15) is 215 Å². The number of aromatic nitrogens is 1. The standard InChI is InChI=1S/C70H120N8O11/c1-17-21-31-52-32-28-33-53(44-52)50(10)62(69(86)78-41-26-27-43-89-78)73-65(82)51(11)64(88-16)56-34-29-39-76(56)60(81)46-57(87-15)54(49(9)18-2)36-42-75(14)68(85)61(47(5)6)72-66(83)63(48(7)8)74(13)38-25-23-22-24-37-71-58(79)35-30-40-77-59(80)45-55(67(77)84)70(12,19-3)20-4/h28,32-33,44-45,47-51,54,56-57,61-64,80,84H,17-27,29-31,34-43,46H2,1-16H3,(H,71,79)(H,72,83)(H,73,82). The molecule has 19 heteroatoms. The largest absolute Gasteiger partial charge is 0.494 e. The van der Waals surface area contributed by atoms with Crippen LogP contribution in [0.25, 0.3) is 0 Å². The van der Waals surface area contributed by atoms with Gasteiger partial charge in [-0.25, -0.2) is 5.06 Å². The highest BCUT2D eigenvalue weighted by Gasteiger charge is 2.43. The van der Waals surface area contributed by atoms with Crippen LogP contribution in [0.4, 0.5) is 0 Å². The van der Waals surface area contributed by atoms with Crippen LogP contribution in [-0.4, -0.2) is 174 Å². The van der Waals surface area contributed by atoms with E-state index in [-0.39, 0.29) is 101 Å². The van der Waals surface area contributed by atoms with Gasteiger partial charge < -0.3 is 45.4 Å². The lowest BCUT2D eigenvalue weighted by Crippen LogP contribution is -2.56. The second-order valence-corrected chi connectivity index (χ2v) is 26.9. The van der Waals surface area contributed by atoms with E-state index in [1.165, 1.54) is 15.2 Å². The highest BCUT2D eigenvalue weighted by atomic mass is 16.7. The Bertz CT molecular complexity index is 2490. The van der Waals surface area contributed by atoms with E-state index in [0.717, 1.165) is 94.6 Å². The lowest BCUT2D eigenvalue weighted by atomic mass is 9.79. The van der Waals surface area contributed by atoms with Gasteiger partial charge in [-0.2, -0.15) is 0 Å². The van der Waals surface area contributed by atoms with Crippen LogP contribution in [0, 0.1) is 29.6 Å². The maximum Gasteiger partial charge on any atom is 0.269 e. The normalized spacial score (nSPS) is 17.9. The first kappa shape index (κ1) is 76.2. The fourth-order valence-corrected chi connectivity index (χ4v) is 13.3. The van der Waals surface area contributed by atoms with Crippen molar-refractivity contribution in [2.45, 2.75) is 253 Å². The first-order valence-corrected chi connectivity index (χ1v) is 34.2. The third-order valence-electron chi connectivity index (χ3n) is 19.9. The number of hydrogen-bond donors (Lipinski definition) is 5. The van der Waals surface area contributed by atoms with E-state index < -0.39 is 36.3 Å². The van der Waals surface area contributed by atoms with E-state index in [0.29, 0.717) is 65.1 Å². The SMILES string of the molecule is CCCCc1cccc(C(C)C(NC(=O)C(C)C(OC)C2CCCN2C(=O)CC(OC)C(CCN(C)C(=O)C(NC(=O)C(C(C)C)N(C)CCCCCCNC(=O)CCCn2c(O)cc(C(C)(CC)CC)c2O)C(C)C)C(C)CC)C(=O)N2CCCCO2)c1. The number of likely N-dealkylation sites (N-methyl/N-ethyl adjacent to an activating group) is 2. The number of aryl methyl sites for hydroxylation is 1. The fourth-order valence-electron chi connectivity index (χ4n) is 13.3. The molecule has 2 fully saturated rings. The molecule has 10 unspecified atom stereocenters. The van der Waals surface area contributed by atoms with Crippen molar-refractivity contribution >= 4 is 35.4 Å². The minimum Gasteiger partial charge on any atom is -0.494 e. The van der Waals surface area contributed by atoms with E-state index in [9.17, 15) is 39.0 Å². The van der Waals surface area contributed by atoms with Crippen LogP contribution in [0.15, 0.2) is 30.3 Å². The van der Waals surface area contributed by atoms with Gasteiger partial charge in [-0.05, 0) is 131 Å². The van der Waals surface area contributed by atoms with Gasteiger partial charge in [-0.15, -0.1) is 0 Å². The topological polar surface area (TPSA) is 225 Å². The molecule has 0 bridgehead atoms. The molecule has 2 saturated heterocycles. The summed E-state index contributed by atoms with van der Waals surface area (Å²) in [7, 11) is 6.95. The Hall–Kier alpha value is -5.24. The summed E-state index contributed by atoms with van der Waals surface area (Å²) in [6.45, 7) is 27.8. The molecular formula is C70H120N8O11. The molecule has 89 heavy (non-hydrogen) atoms. The van der Waals surface area contributed by atoms with Crippen LogP contribution >= 0.6 is 0 Å². The third kappa shape index (κ3) is 21.7. The Kier molecular flexibility index (Phi) is 32.5. The molecule has 0 saturated carbocycles. The molecule has 2 aliphatic rings. The second-order valence-electron chi connectivity index (χ2n) is 26.9. The summed E-state index contributed by atoms with van der Waals surface area (Å²) in [5.41, 5.74) is 2.65. The number of hydroxylamine groups is 2. The number of nitrogens with zero attached hydrogens (tertiary/aromatic N) is 5. The van der Waals surface area contributed by atoms with E-state index >= 15 is 0 Å². The monoisotopic (exact) mass is 1250 g/mol. The average molecular weight is 1250 g/mol. The lowest BCUT2D eigenvalue weighted by Gasteiger charge is -2.37. The van der Waals surface area contributed by atoms with Crippen LogP contribution in [0.5, 0.6) is 11.8 Å². The summed E-state index contributed by atoms with van der Waals surface area (Å²) in [5, 5.41) is 32.1. The lowest BCUT2D eigenvalue weighted by molar-refractivity contribution is -0.200. The van der Waals surface area contributed by atoms with Gasteiger partial charge in [-0.1, -0.05) is 133 Å². The number of methoxy groups -OCH3 is 2. The number of amides is 6. The number of rotatable bonds is 40. The Balaban J connectivity index is 1.31. The number of unbranched alkanes of at least 4 members (excludes halogenated alkanes) is 4. The van der Waals surface area contributed by atoms with E-state index in [2.05, 4.69) is 74.5 Å². The number of benzene rings is 1. The molecule has 3 heterocycles. The van der Waals surface area contributed by atoms with E-state index in [1.54, 1.807) is 32.2 Å². The van der Waals surface area contributed by atoms with Crippen LogP contribution in [0.3, 0.4) is 0 Å². The number of carbonyl (C=O) groups excluding carboxylic acids is 6. The third-order valence-corrected chi connectivity index (χ3v) is 19.9. The van der Waals surface area contributed by atoms with Gasteiger partial charge in [-0.3, -0.25) is 43.1 Å². The van der Waals surface area contributed by atoms with Crippen LogP contribution in [0.2, 0.25) is 0 Å². The molecule has 19 nitrogen and oxygen atoms in total. The van der Waals surface area contributed by atoms with Gasteiger partial charge in [0.15, 0.2) is 11.8 Å². The predicted molar refractivity (Wildman–Crippen MR) is 352 cm³/mol. The van der Waals surface area contributed by atoms with Crippen molar-refractivity contribution in [1.29, 1.82) is 0 Å². The van der Waals surface area contributed by atoms with Crippen molar-refractivity contribution in [3.05, 3.63) is 47.0 Å². The van der Waals surface area contributed by atoms with Crippen LogP contribution < -0.4 is 16.0 Å². The van der Waals surface area contributed by atoms with Gasteiger partial charge in [0, 0.05) is 78.0 Å². The predicted octanol–water partition coefficient (Wildman–Crippen LogP) is 10.3. The Morgan fingerprint density at radius 3 is 2.11 bits per heavy atom. The van der Waals surface area contributed by atoms with Crippen molar-refractivity contribution in [2.75, 3.05) is 67.6 Å². The average Bonchev–Trinajstić information content (AvgIpc) is 2.07. The zero-order chi connectivity index (χ0) is 66.1. The number of nitrogens with one attached hydrogen (secondary N) is 3. The molecular weight excluding hydrogens is 1130 g/mol. The smallest absolute Gasteiger partial charge is 0.269 e. The van der Waals surface area contributed by atoms with E-state index in [4.69, 9.17) is 14.3 Å². The molecule has 1 aromatic heterocycles. The first-order chi connectivity index (χ1) is 42.3. The summed E-state index contributed by atoms with van der Waals surface area (Å²) in [5.74, 6) is -2.24. The summed E-state index contributed by atoms with van der Waals surface area (Å²) in [6, 6.07) is 7.44. The van der Waals surface area contributed by atoms with Crippen molar-refractivity contribution in [1.82, 2.24) is 40.3 Å². The maximum atomic E-state index is 14.6. The molecule has 506 valence electrons. The van der Waals surface area contributed by atoms with E-state index in [1.807, 2.05) is 65.6 Å². The highest BCUT2D eigenvalue weighted by Crippen LogP contribution is 2.41. The molecule has 0 aliphatic carbocycles. The van der Waals surface area contributed by atoms with Crippen molar-refractivity contribution < 1.29 is 53.3 Å². The summed E-state index contributed by atoms with van der Waals surface area (Å²) < 4.78 is 13.8. The molecule has 2 aromatic rings. The van der Waals surface area contributed by atoms with Gasteiger partial charge in [0.2, 0.25) is 29.5 Å². The molecule has 5 N–H and O–H groups in total. The number of likely N-dealkylation sites (tertiary alicyclic amines) is 1. The fraction of sp³-hybridized carbons (Fsp3) is 0.771. The summed E-state index contributed by atoms with van der Waals surface area (Å²) >= 11 is 0. The summed E-state index contributed by atoms with van der Waals surface area (Å²) in [6.07, 6.45) is 12.5. The number of hydrogen-bond acceptors (Lipinski definition) is 12. The minimum atomic E-state index is -0.889. The second kappa shape index (κ2) is 37.9.